The Morgan fingerprint density at radius 3 is 2.78 bits per heavy atom. The molecule has 0 saturated carbocycles. The molecule has 1 saturated heterocycles. The van der Waals surface area contributed by atoms with Crippen molar-refractivity contribution in [2.24, 2.45) is 0 Å². The number of nitrogens with one attached hydrogen (secondary N) is 2. The molecule has 7 nitrogen and oxygen atoms in total. The van der Waals surface area contributed by atoms with Crippen molar-refractivity contribution in [3.8, 4) is 5.75 Å². The molecule has 2 aliphatic heterocycles. The van der Waals surface area contributed by atoms with E-state index in [0.717, 1.165) is 0 Å². The van der Waals surface area contributed by atoms with E-state index < -0.39 is 15.5 Å². The number of carbonyl (C=O) groups is 1. The lowest BCUT2D eigenvalue weighted by molar-refractivity contribution is 0.0768. The van der Waals surface area contributed by atoms with E-state index in [0.29, 0.717) is 12.8 Å². The Balaban J connectivity index is 0.00000192. The summed E-state index contributed by atoms with van der Waals surface area (Å²) in [5, 5.41) is 2.87. The molecular weight excluding hydrogens is 344 g/mol. The SMILES string of the molecule is C.COc1c2ccc(Cl)c1NS(=O)(=O)C1CCC(CNC2=O)O1. The molecule has 2 unspecified atom stereocenters. The lowest BCUT2D eigenvalue weighted by Crippen LogP contribution is -2.33. The zero-order valence-electron chi connectivity index (χ0n) is 11.8. The second-order valence-corrected chi connectivity index (χ2v) is 7.35. The molecule has 2 aliphatic rings. The smallest absolute Gasteiger partial charge is 0.260 e. The standard InChI is InChI=1S/C13H15ClN2O5S.CH4/c1-20-12-8-3-4-9(14)11(12)16-22(18,19)10-5-2-7(21-10)6-15-13(8)17;/h3-4,7,10,16H,2,5-6H2,1H3,(H,15,17);1H4. The second-order valence-electron chi connectivity index (χ2n) is 5.13. The van der Waals surface area contributed by atoms with Gasteiger partial charge in [-0.1, -0.05) is 19.0 Å². The van der Waals surface area contributed by atoms with Crippen LogP contribution in [0.2, 0.25) is 5.02 Å². The van der Waals surface area contributed by atoms with Gasteiger partial charge in [-0.15, -0.1) is 0 Å². The Morgan fingerprint density at radius 1 is 1.35 bits per heavy atom. The van der Waals surface area contributed by atoms with Crippen LogP contribution in [0.5, 0.6) is 5.75 Å². The molecule has 23 heavy (non-hydrogen) atoms. The van der Waals surface area contributed by atoms with E-state index in [4.69, 9.17) is 21.1 Å². The topological polar surface area (TPSA) is 93.7 Å². The van der Waals surface area contributed by atoms with Gasteiger partial charge >= 0.3 is 0 Å². The van der Waals surface area contributed by atoms with E-state index in [1.807, 2.05) is 0 Å². The first-order valence-electron chi connectivity index (χ1n) is 6.74. The highest BCUT2D eigenvalue weighted by molar-refractivity contribution is 7.93. The summed E-state index contributed by atoms with van der Waals surface area (Å²) in [4.78, 5) is 12.3. The first kappa shape index (κ1) is 17.8. The van der Waals surface area contributed by atoms with Crippen molar-refractivity contribution < 1.29 is 22.7 Å². The molecule has 0 radical (unpaired) electrons. The molecule has 1 aromatic rings. The van der Waals surface area contributed by atoms with E-state index in [9.17, 15) is 13.2 Å². The fraction of sp³-hybridized carbons (Fsp3) is 0.500. The fourth-order valence-corrected chi connectivity index (χ4v) is 4.23. The summed E-state index contributed by atoms with van der Waals surface area (Å²) in [5.41, 5.74) is -0.718. The number of anilines is 1. The summed E-state index contributed by atoms with van der Waals surface area (Å²) in [6, 6.07) is 2.94. The van der Waals surface area contributed by atoms with Gasteiger partial charge in [-0.25, -0.2) is 8.42 Å². The Bertz CT molecular complexity index is 722. The van der Waals surface area contributed by atoms with Crippen LogP contribution in [0.4, 0.5) is 5.69 Å². The minimum Gasteiger partial charge on any atom is -0.494 e. The van der Waals surface area contributed by atoms with Crippen LogP contribution in [0.3, 0.4) is 0 Å². The Morgan fingerprint density at radius 2 is 2.09 bits per heavy atom. The van der Waals surface area contributed by atoms with Gasteiger partial charge in [-0.3, -0.25) is 9.52 Å². The lowest BCUT2D eigenvalue weighted by Gasteiger charge is -2.17. The van der Waals surface area contributed by atoms with Gasteiger partial charge in [0, 0.05) is 6.54 Å². The molecule has 1 aromatic carbocycles. The highest BCUT2D eigenvalue weighted by Gasteiger charge is 2.37. The number of rotatable bonds is 1. The van der Waals surface area contributed by atoms with Crippen molar-refractivity contribution >= 4 is 33.2 Å². The fourth-order valence-electron chi connectivity index (χ4n) is 2.61. The second kappa shape index (κ2) is 6.54. The van der Waals surface area contributed by atoms with Crippen LogP contribution >= 0.6 is 11.6 Å². The van der Waals surface area contributed by atoms with Gasteiger partial charge in [-0.05, 0) is 25.0 Å². The van der Waals surface area contributed by atoms with Crippen molar-refractivity contribution in [3.05, 3.63) is 22.7 Å². The van der Waals surface area contributed by atoms with Crippen LogP contribution in [0, 0.1) is 0 Å². The predicted molar refractivity (Wildman–Crippen MR) is 87.5 cm³/mol. The number of sulfonamides is 1. The van der Waals surface area contributed by atoms with Crippen molar-refractivity contribution in [3.63, 3.8) is 0 Å². The van der Waals surface area contributed by atoms with Crippen molar-refractivity contribution in [2.75, 3.05) is 18.4 Å². The minimum atomic E-state index is -3.79. The number of halogens is 1. The monoisotopic (exact) mass is 362 g/mol. The van der Waals surface area contributed by atoms with E-state index in [2.05, 4.69) is 10.0 Å². The summed E-state index contributed by atoms with van der Waals surface area (Å²) in [5.74, 6) is -0.283. The van der Waals surface area contributed by atoms with E-state index in [-0.39, 0.29) is 48.0 Å². The number of carbonyl (C=O) groups excluding carboxylic acids is 1. The minimum absolute atomic E-state index is 0. The van der Waals surface area contributed by atoms with Crippen LogP contribution in [-0.2, 0) is 14.8 Å². The Hall–Kier alpha value is -1.51. The number of fused-ring (bicyclic) bond motifs is 4. The number of amides is 1. The highest BCUT2D eigenvalue weighted by atomic mass is 35.5. The largest absolute Gasteiger partial charge is 0.494 e. The molecule has 0 aliphatic carbocycles. The van der Waals surface area contributed by atoms with Gasteiger partial charge in [-0.2, -0.15) is 0 Å². The van der Waals surface area contributed by atoms with Crippen LogP contribution in [0.15, 0.2) is 12.1 Å². The molecule has 3 rings (SSSR count). The maximum Gasteiger partial charge on any atom is 0.260 e. The number of hydrogen-bond donors (Lipinski definition) is 2. The van der Waals surface area contributed by atoms with E-state index >= 15 is 0 Å². The lowest BCUT2D eigenvalue weighted by atomic mass is 10.1. The average molecular weight is 363 g/mol. The first-order valence-corrected chi connectivity index (χ1v) is 8.66. The van der Waals surface area contributed by atoms with Crippen molar-refractivity contribution in [1.82, 2.24) is 5.32 Å². The summed E-state index contributed by atoms with van der Waals surface area (Å²) in [6.45, 7) is 0.242. The molecule has 9 heteroatoms. The summed E-state index contributed by atoms with van der Waals surface area (Å²) in [6.07, 6.45) is 0.587. The van der Waals surface area contributed by atoms with Gasteiger partial charge < -0.3 is 14.8 Å². The first-order chi connectivity index (χ1) is 10.4. The molecule has 2 N–H and O–H groups in total. The molecule has 1 fully saturated rings. The van der Waals surface area contributed by atoms with Crippen LogP contribution in [-0.4, -0.2) is 39.5 Å². The number of hydrogen-bond acceptors (Lipinski definition) is 5. The third kappa shape index (κ3) is 3.24. The molecular formula is C14H19ClN2O5S. The molecule has 128 valence electrons. The Labute approximate surface area is 140 Å². The van der Waals surface area contributed by atoms with E-state index in [1.54, 1.807) is 0 Å². The average Bonchev–Trinajstić information content (AvgIpc) is 2.95. The van der Waals surface area contributed by atoms with Gasteiger partial charge in [0.1, 0.15) is 5.69 Å². The molecule has 4 bridgehead atoms. The van der Waals surface area contributed by atoms with E-state index in [1.165, 1.54) is 19.2 Å². The molecule has 0 aromatic heterocycles. The normalized spacial score (nSPS) is 25.4. The van der Waals surface area contributed by atoms with Gasteiger partial charge in [0.05, 0.1) is 23.8 Å². The number of ether oxygens (including phenoxy) is 2. The van der Waals surface area contributed by atoms with Gasteiger partial charge in [0.25, 0.3) is 15.9 Å². The van der Waals surface area contributed by atoms with Crippen molar-refractivity contribution in [1.29, 1.82) is 0 Å². The van der Waals surface area contributed by atoms with Crippen LogP contribution in [0.25, 0.3) is 0 Å². The maximum atomic E-state index is 12.4. The predicted octanol–water partition coefficient (Wildman–Crippen LogP) is 1.97. The summed E-state index contributed by atoms with van der Waals surface area (Å²) in [7, 11) is -2.44. The zero-order valence-corrected chi connectivity index (χ0v) is 13.3. The molecule has 1 amide bonds. The van der Waals surface area contributed by atoms with Crippen LogP contribution in [0.1, 0.15) is 30.6 Å². The Kier molecular flexibility index (Phi) is 5.07. The van der Waals surface area contributed by atoms with Crippen molar-refractivity contribution in [2.45, 2.75) is 31.8 Å². The van der Waals surface area contributed by atoms with Crippen LogP contribution < -0.4 is 14.8 Å². The molecule has 2 heterocycles. The summed E-state index contributed by atoms with van der Waals surface area (Å²) < 4.78 is 38.0. The molecule has 0 spiro atoms. The third-order valence-electron chi connectivity index (χ3n) is 3.70. The van der Waals surface area contributed by atoms with Gasteiger partial charge in [0.2, 0.25) is 0 Å². The zero-order chi connectivity index (χ0) is 15.9. The highest BCUT2D eigenvalue weighted by Crippen LogP contribution is 2.38. The molecule has 2 atom stereocenters. The maximum absolute atomic E-state index is 12.4. The quantitative estimate of drug-likeness (QED) is 0.796. The van der Waals surface area contributed by atoms with Gasteiger partial charge in [0.15, 0.2) is 11.2 Å². The third-order valence-corrected chi connectivity index (χ3v) is 5.55. The number of methoxy groups -OCH3 is 1. The summed E-state index contributed by atoms with van der Waals surface area (Å²) >= 11 is 6.07. The number of benzene rings is 1.